The van der Waals surface area contributed by atoms with Gasteiger partial charge < -0.3 is 0 Å². The maximum Gasteiger partial charge on any atom is 0.0652 e. The van der Waals surface area contributed by atoms with Crippen LogP contribution >= 0.6 is 0 Å². The van der Waals surface area contributed by atoms with E-state index >= 15 is 0 Å². The lowest BCUT2D eigenvalue weighted by molar-refractivity contribution is 1.09. The summed E-state index contributed by atoms with van der Waals surface area (Å²) in [6, 6.07) is 58.0. The Morgan fingerprint density at radius 3 is 0.841 bits per heavy atom. The van der Waals surface area contributed by atoms with Gasteiger partial charge in [-0.3, -0.25) is 0 Å². The van der Waals surface area contributed by atoms with E-state index < -0.39 is 0 Å². The quantitative estimate of drug-likeness (QED) is 0.104. The minimum atomic E-state index is 0.981. The Hall–Kier alpha value is -6.00. The summed E-state index contributed by atoms with van der Waals surface area (Å²) in [5, 5.41) is 18.8. The van der Waals surface area contributed by atoms with Crippen LogP contribution in [0.15, 0.2) is 180 Å². The SMILES string of the molecule is C(=NN(c1ccccc1)c1ccccc1)c1c(/C=N/N(c2ccccc2)c2ccccc2)c2ccccc2c2ccccc12. The number of anilines is 4. The van der Waals surface area contributed by atoms with Gasteiger partial charge in [-0.1, -0.05) is 121 Å². The lowest BCUT2D eigenvalue weighted by atomic mass is 9.92. The molecule has 0 amide bonds. The molecule has 0 unspecified atom stereocenters. The second-order valence-corrected chi connectivity index (χ2v) is 10.4. The van der Waals surface area contributed by atoms with Crippen LogP contribution in [-0.2, 0) is 0 Å². The first kappa shape index (κ1) is 26.9. The molecule has 4 heteroatoms. The first-order valence-corrected chi connectivity index (χ1v) is 14.7. The number of para-hydroxylation sites is 4. The number of benzene rings is 7. The molecule has 0 N–H and O–H groups in total. The first-order chi connectivity index (χ1) is 21.9. The highest BCUT2D eigenvalue weighted by Crippen LogP contribution is 2.33. The van der Waals surface area contributed by atoms with E-state index in [2.05, 4.69) is 97.1 Å². The van der Waals surface area contributed by atoms with Gasteiger partial charge in [0, 0.05) is 11.1 Å². The van der Waals surface area contributed by atoms with Crippen LogP contribution in [0.3, 0.4) is 0 Å². The average molecular weight is 567 g/mol. The molecule has 0 aliphatic rings. The maximum absolute atomic E-state index is 5.13. The van der Waals surface area contributed by atoms with E-state index in [1.165, 1.54) is 10.8 Å². The molecule has 0 aliphatic heterocycles. The zero-order valence-electron chi connectivity index (χ0n) is 24.1. The Morgan fingerprint density at radius 2 is 0.545 bits per heavy atom. The first-order valence-electron chi connectivity index (χ1n) is 14.7. The highest BCUT2D eigenvalue weighted by Gasteiger charge is 2.15. The third kappa shape index (κ3) is 5.44. The van der Waals surface area contributed by atoms with E-state index in [0.717, 1.165) is 44.6 Å². The van der Waals surface area contributed by atoms with E-state index in [1.54, 1.807) is 0 Å². The molecular formula is C40H30N4. The van der Waals surface area contributed by atoms with Crippen molar-refractivity contribution in [2.45, 2.75) is 0 Å². The molecule has 210 valence electrons. The van der Waals surface area contributed by atoms with Crippen LogP contribution in [0.4, 0.5) is 22.7 Å². The van der Waals surface area contributed by atoms with E-state index in [9.17, 15) is 0 Å². The molecule has 0 spiro atoms. The summed E-state index contributed by atoms with van der Waals surface area (Å²) in [5.41, 5.74) is 5.93. The van der Waals surface area contributed by atoms with Crippen molar-refractivity contribution in [1.29, 1.82) is 0 Å². The zero-order chi connectivity index (χ0) is 29.6. The predicted molar refractivity (Wildman–Crippen MR) is 187 cm³/mol. The normalized spacial score (nSPS) is 11.5. The van der Waals surface area contributed by atoms with Crippen molar-refractivity contribution in [3.05, 3.63) is 181 Å². The molecule has 0 bridgehead atoms. The molecule has 0 saturated carbocycles. The van der Waals surface area contributed by atoms with Gasteiger partial charge in [0.1, 0.15) is 0 Å². The van der Waals surface area contributed by atoms with Crippen molar-refractivity contribution >= 4 is 56.7 Å². The third-order valence-electron chi connectivity index (χ3n) is 7.62. The standard InChI is InChI=1S/C40H30N4/c1-5-17-31(18-6-1)43(32-19-7-2-8-20-32)41-29-39-37-27-15-13-25-35(37)36-26-14-16-28-38(36)40(39)30-42-44(33-21-9-3-10-22-33)34-23-11-4-12-24-34/h1-30H/b41-29+,42-30?. The topological polar surface area (TPSA) is 31.2 Å². The fraction of sp³-hybridized carbons (Fsp3) is 0. The second-order valence-electron chi connectivity index (χ2n) is 10.4. The van der Waals surface area contributed by atoms with Crippen molar-refractivity contribution in [2.75, 3.05) is 10.0 Å². The molecule has 0 radical (unpaired) electrons. The number of hydrogen-bond acceptors (Lipinski definition) is 4. The zero-order valence-corrected chi connectivity index (χ0v) is 24.1. The molecule has 7 rings (SSSR count). The van der Waals surface area contributed by atoms with Crippen molar-refractivity contribution in [3.8, 4) is 0 Å². The summed E-state index contributed by atoms with van der Waals surface area (Å²) < 4.78 is 0. The smallest absolute Gasteiger partial charge is 0.0652 e. The van der Waals surface area contributed by atoms with Gasteiger partial charge >= 0.3 is 0 Å². The van der Waals surface area contributed by atoms with Gasteiger partial charge in [-0.05, 0) is 70.1 Å². The minimum absolute atomic E-state index is 0.981. The molecule has 0 aromatic heterocycles. The molecule has 7 aromatic rings. The van der Waals surface area contributed by atoms with Crippen LogP contribution < -0.4 is 10.0 Å². The molecule has 0 heterocycles. The van der Waals surface area contributed by atoms with Crippen molar-refractivity contribution in [3.63, 3.8) is 0 Å². The Balaban J connectivity index is 1.44. The van der Waals surface area contributed by atoms with Gasteiger partial charge in [0.15, 0.2) is 0 Å². The largest absolute Gasteiger partial charge is 0.234 e. The van der Waals surface area contributed by atoms with Gasteiger partial charge in [0.05, 0.1) is 35.2 Å². The molecule has 4 nitrogen and oxygen atoms in total. The summed E-state index contributed by atoms with van der Waals surface area (Å²) in [7, 11) is 0. The van der Waals surface area contributed by atoms with Crippen molar-refractivity contribution in [1.82, 2.24) is 0 Å². The number of fused-ring (bicyclic) bond motifs is 3. The Morgan fingerprint density at radius 1 is 0.295 bits per heavy atom. The lowest BCUT2D eigenvalue weighted by Crippen LogP contribution is -2.11. The van der Waals surface area contributed by atoms with Crippen LogP contribution in [0, 0.1) is 0 Å². The van der Waals surface area contributed by atoms with Crippen LogP contribution in [0.5, 0.6) is 0 Å². The van der Waals surface area contributed by atoms with Crippen molar-refractivity contribution in [2.24, 2.45) is 10.2 Å². The van der Waals surface area contributed by atoms with Gasteiger partial charge in [-0.2, -0.15) is 10.2 Å². The fourth-order valence-corrected chi connectivity index (χ4v) is 5.55. The molecule has 0 fully saturated rings. The van der Waals surface area contributed by atoms with Crippen LogP contribution in [-0.4, -0.2) is 12.4 Å². The molecule has 44 heavy (non-hydrogen) atoms. The predicted octanol–water partition coefficient (Wildman–Crippen LogP) is 10.3. The summed E-state index contributed by atoms with van der Waals surface area (Å²) in [6.45, 7) is 0. The van der Waals surface area contributed by atoms with Crippen LogP contribution in [0.2, 0.25) is 0 Å². The highest BCUT2D eigenvalue weighted by molar-refractivity contribution is 6.21. The molecule has 7 aromatic carbocycles. The van der Waals surface area contributed by atoms with Crippen molar-refractivity contribution < 1.29 is 0 Å². The Labute approximate surface area is 257 Å². The van der Waals surface area contributed by atoms with Gasteiger partial charge in [-0.25, -0.2) is 10.0 Å². The summed E-state index contributed by atoms with van der Waals surface area (Å²) in [6.07, 6.45) is 3.96. The molecular weight excluding hydrogens is 536 g/mol. The minimum Gasteiger partial charge on any atom is -0.234 e. The monoisotopic (exact) mass is 566 g/mol. The van der Waals surface area contributed by atoms with Crippen LogP contribution in [0.25, 0.3) is 21.5 Å². The van der Waals surface area contributed by atoms with Crippen LogP contribution in [0.1, 0.15) is 11.1 Å². The summed E-state index contributed by atoms with van der Waals surface area (Å²) in [4.78, 5) is 0. The summed E-state index contributed by atoms with van der Waals surface area (Å²) in [5.74, 6) is 0. The third-order valence-corrected chi connectivity index (χ3v) is 7.62. The number of hydrazone groups is 2. The van der Waals surface area contributed by atoms with E-state index in [0.29, 0.717) is 0 Å². The van der Waals surface area contributed by atoms with E-state index in [4.69, 9.17) is 10.2 Å². The lowest BCUT2D eigenvalue weighted by Gasteiger charge is -2.21. The number of hydrogen-bond donors (Lipinski definition) is 0. The van der Waals surface area contributed by atoms with Gasteiger partial charge in [-0.15, -0.1) is 0 Å². The molecule has 0 atom stereocenters. The number of rotatable bonds is 8. The van der Waals surface area contributed by atoms with Gasteiger partial charge in [0.25, 0.3) is 0 Å². The van der Waals surface area contributed by atoms with E-state index in [-0.39, 0.29) is 0 Å². The van der Waals surface area contributed by atoms with E-state index in [1.807, 2.05) is 95.2 Å². The molecule has 0 saturated heterocycles. The highest BCUT2D eigenvalue weighted by atomic mass is 15.5. The Bertz CT molecular complexity index is 1830. The molecule has 0 aliphatic carbocycles. The average Bonchev–Trinajstić information content (AvgIpc) is 3.11. The van der Waals surface area contributed by atoms with Gasteiger partial charge in [0.2, 0.25) is 0 Å². The summed E-state index contributed by atoms with van der Waals surface area (Å²) >= 11 is 0. The second kappa shape index (κ2) is 12.5. The maximum atomic E-state index is 5.13. The Kier molecular flexibility index (Phi) is 7.62. The number of nitrogens with zero attached hydrogens (tertiary/aromatic N) is 4. The fourth-order valence-electron chi connectivity index (χ4n) is 5.55.